The summed E-state index contributed by atoms with van der Waals surface area (Å²) in [6.07, 6.45) is 4.73. The quantitative estimate of drug-likeness (QED) is 0.718. The molecular formula is C11H22O3Si2. The van der Waals surface area contributed by atoms with Gasteiger partial charge in [-0.2, -0.15) is 0 Å². The zero-order valence-corrected chi connectivity index (χ0v) is 13.1. The second kappa shape index (κ2) is 4.67. The molecule has 92 valence electrons. The number of hydrogen-bond acceptors (Lipinski definition) is 3. The molecule has 1 rings (SSSR count). The van der Waals surface area contributed by atoms with E-state index >= 15 is 0 Å². The van der Waals surface area contributed by atoms with Gasteiger partial charge in [-0.15, -0.1) is 0 Å². The third-order valence-electron chi connectivity index (χ3n) is 1.58. The van der Waals surface area contributed by atoms with E-state index in [0.717, 1.165) is 6.42 Å². The number of rotatable bonds is 4. The van der Waals surface area contributed by atoms with Crippen LogP contribution in [0, 0.1) is 0 Å². The van der Waals surface area contributed by atoms with Gasteiger partial charge in [-0.1, -0.05) is 0 Å². The van der Waals surface area contributed by atoms with Crippen molar-refractivity contribution in [3.05, 3.63) is 24.0 Å². The summed E-state index contributed by atoms with van der Waals surface area (Å²) >= 11 is 0. The van der Waals surface area contributed by atoms with E-state index in [1.54, 1.807) is 0 Å². The smallest absolute Gasteiger partial charge is 0.269 e. The fourth-order valence-corrected chi connectivity index (χ4v) is 2.62. The van der Waals surface area contributed by atoms with Gasteiger partial charge in [-0.3, -0.25) is 0 Å². The molecule has 0 unspecified atom stereocenters. The largest absolute Gasteiger partial charge is 0.520 e. The maximum atomic E-state index is 5.80. The Labute approximate surface area is 100 Å². The van der Waals surface area contributed by atoms with E-state index in [1.807, 2.05) is 12.2 Å². The van der Waals surface area contributed by atoms with E-state index < -0.39 is 16.6 Å². The summed E-state index contributed by atoms with van der Waals surface area (Å²) in [6, 6.07) is 0. The standard InChI is InChI=1S/C11H22O3Si2/c1-15(2,3)13-10-8-7-9-11(12-10)14-16(4,5)6/h8-9H,7H2,1-6H3. The van der Waals surface area contributed by atoms with Gasteiger partial charge in [0.15, 0.2) is 0 Å². The van der Waals surface area contributed by atoms with Crippen LogP contribution in [0.4, 0.5) is 0 Å². The third kappa shape index (κ3) is 5.41. The molecule has 0 aromatic heterocycles. The van der Waals surface area contributed by atoms with Gasteiger partial charge in [0.1, 0.15) is 0 Å². The van der Waals surface area contributed by atoms with Crippen LogP contribution >= 0.6 is 0 Å². The number of hydrogen-bond donors (Lipinski definition) is 0. The molecule has 3 nitrogen and oxygen atoms in total. The second-order valence-electron chi connectivity index (χ2n) is 5.81. The van der Waals surface area contributed by atoms with E-state index in [-0.39, 0.29) is 0 Å². The molecule has 0 radical (unpaired) electrons. The van der Waals surface area contributed by atoms with Crippen LogP contribution in [0.2, 0.25) is 39.3 Å². The van der Waals surface area contributed by atoms with Crippen LogP contribution in [0.15, 0.2) is 24.0 Å². The van der Waals surface area contributed by atoms with Gasteiger partial charge in [-0.05, 0) is 57.9 Å². The lowest BCUT2D eigenvalue weighted by molar-refractivity contribution is 0.0765. The van der Waals surface area contributed by atoms with Gasteiger partial charge in [0.05, 0.1) is 0 Å². The van der Waals surface area contributed by atoms with Crippen molar-refractivity contribution < 1.29 is 13.6 Å². The summed E-state index contributed by atoms with van der Waals surface area (Å²) in [5.74, 6) is 1.21. The Morgan fingerprint density at radius 3 is 1.56 bits per heavy atom. The lowest BCUT2D eigenvalue weighted by Crippen LogP contribution is -2.29. The highest BCUT2D eigenvalue weighted by Crippen LogP contribution is 2.23. The first kappa shape index (κ1) is 13.4. The van der Waals surface area contributed by atoms with Crippen LogP contribution in [0.1, 0.15) is 6.42 Å². The predicted molar refractivity (Wildman–Crippen MR) is 70.7 cm³/mol. The zero-order valence-electron chi connectivity index (χ0n) is 11.1. The molecule has 0 aromatic rings. The summed E-state index contributed by atoms with van der Waals surface area (Å²) in [7, 11) is -3.20. The van der Waals surface area contributed by atoms with Crippen molar-refractivity contribution in [2.45, 2.75) is 45.7 Å². The van der Waals surface area contributed by atoms with Crippen molar-refractivity contribution >= 4 is 16.6 Å². The third-order valence-corrected chi connectivity index (χ3v) is 3.21. The average Bonchev–Trinajstić information content (AvgIpc) is 1.96. The molecule has 0 saturated carbocycles. The highest BCUT2D eigenvalue weighted by Gasteiger charge is 2.24. The van der Waals surface area contributed by atoms with Crippen LogP contribution in [0.3, 0.4) is 0 Å². The molecule has 0 saturated heterocycles. The molecule has 5 heteroatoms. The molecule has 0 aliphatic carbocycles. The van der Waals surface area contributed by atoms with Crippen molar-refractivity contribution in [2.24, 2.45) is 0 Å². The van der Waals surface area contributed by atoms with E-state index in [4.69, 9.17) is 13.6 Å². The molecule has 0 bridgehead atoms. The monoisotopic (exact) mass is 258 g/mol. The highest BCUT2D eigenvalue weighted by atomic mass is 28.4. The molecule has 0 spiro atoms. The molecule has 0 amide bonds. The normalized spacial score (nSPS) is 17.1. The fourth-order valence-electron chi connectivity index (χ4n) is 1.16. The van der Waals surface area contributed by atoms with Gasteiger partial charge >= 0.3 is 0 Å². The first-order valence-electron chi connectivity index (χ1n) is 5.62. The average molecular weight is 258 g/mol. The van der Waals surface area contributed by atoms with Crippen molar-refractivity contribution in [1.29, 1.82) is 0 Å². The summed E-state index contributed by atoms with van der Waals surface area (Å²) in [4.78, 5) is 0. The van der Waals surface area contributed by atoms with Crippen molar-refractivity contribution in [3.8, 4) is 0 Å². The second-order valence-corrected chi connectivity index (χ2v) is 14.7. The summed E-state index contributed by atoms with van der Waals surface area (Å²) < 4.78 is 17.2. The van der Waals surface area contributed by atoms with E-state index in [9.17, 15) is 0 Å². The lowest BCUT2D eigenvalue weighted by Gasteiger charge is -2.27. The minimum Gasteiger partial charge on any atom is -0.520 e. The lowest BCUT2D eigenvalue weighted by atomic mass is 10.4. The summed E-state index contributed by atoms with van der Waals surface area (Å²) in [5, 5.41) is 0. The number of allylic oxidation sites excluding steroid dienone is 2. The van der Waals surface area contributed by atoms with Crippen molar-refractivity contribution in [1.82, 2.24) is 0 Å². The maximum absolute atomic E-state index is 5.80. The van der Waals surface area contributed by atoms with E-state index in [1.165, 1.54) is 0 Å². The van der Waals surface area contributed by atoms with Crippen LogP contribution in [-0.4, -0.2) is 16.6 Å². The topological polar surface area (TPSA) is 27.7 Å². The highest BCUT2D eigenvalue weighted by molar-refractivity contribution is 6.70. The molecule has 0 fully saturated rings. The van der Waals surface area contributed by atoms with Crippen LogP contribution < -0.4 is 0 Å². The van der Waals surface area contributed by atoms with Gasteiger partial charge in [0.25, 0.3) is 11.9 Å². The Hall–Kier alpha value is -0.686. The van der Waals surface area contributed by atoms with Crippen LogP contribution in [0.25, 0.3) is 0 Å². The van der Waals surface area contributed by atoms with E-state index in [0.29, 0.717) is 11.9 Å². The van der Waals surface area contributed by atoms with Gasteiger partial charge < -0.3 is 13.6 Å². The Kier molecular flexibility index (Phi) is 3.90. The Bertz CT molecular complexity index is 278. The molecule has 1 heterocycles. The first-order chi connectivity index (χ1) is 7.16. The van der Waals surface area contributed by atoms with Gasteiger partial charge in [0, 0.05) is 0 Å². The minimum absolute atomic E-state index is 0.606. The predicted octanol–water partition coefficient (Wildman–Crippen LogP) is 3.79. The molecule has 0 aromatic carbocycles. The fraction of sp³-hybridized carbons (Fsp3) is 0.636. The molecule has 1 aliphatic heterocycles. The summed E-state index contributed by atoms with van der Waals surface area (Å²) in [6.45, 7) is 12.8. The van der Waals surface area contributed by atoms with Crippen LogP contribution in [-0.2, 0) is 13.6 Å². The van der Waals surface area contributed by atoms with Crippen LogP contribution in [0.5, 0.6) is 0 Å². The number of ether oxygens (including phenoxy) is 1. The first-order valence-corrected chi connectivity index (χ1v) is 12.4. The van der Waals surface area contributed by atoms with Crippen molar-refractivity contribution in [3.63, 3.8) is 0 Å². The molecule has 0 N–H and O–H groups in total. The zero-order chi connectivity index (χ0) is 12.4. The minimum atomic E-state index is -1.60. The molecule has 0 atom stereocenters. The van der Waals surface area contributed by atoms with Gasteiger partial charge in [-0.25, -0.2) is 0 Å². The molecule has 16 heavy (non-hydrogen) atoms. The molecular weight excluding hydrogens is 236 g/mol. The van der Waals surface area contributed by atoms with E-state index in [2.05, 4.69) is 39.3 Å². The van der Waals surface area contributed by atoms with Crippen molar-refractivity contribution in [2.75, 3.05) is 0 Å². The maximum Gasteiger partial charge on any atom is 0.269 e. The van der Waals surface area contributed by atoms with Gasteiger partial charge in [0.2, 0.25) is 16.6 Å². The Balaban J connectivity index is 2.54. The SMILES string of the molecule is C[Si](C)(C)OC1=CCC=C(O[Si](C)(C)C)O1. The Morgan fingerprint density at radius 1 is 0.875 bits per heavy atom. The summed E-state index contributed by atoms with van der Waals surface area (Å²) in [5.41, 5.74) is 0. The molecule has 1 aliphatic rings. The Morgan fingerprint density at radius 2 is 1.25 bits per heavy atom.